The first kappa shape index (κ1) is 29.2. The van der Waals surface area contributed by atoms with E-state index in [1.54, 1.807) is 6.92 Å². The van der Waals surface area contributed by atoms with E-state index >= 15 is 0 Å². The van der Waals surface area contributed by atoms with Crippen molar-refractivity contribution in [1.82, 2.24) is 21.3 Å². The monoisotopic (exact) mass is 461 g/mol. The zero-order valence-corrected chi connectivity index (χ0v) is 18.9. The lowest BCUT2D eigenvalue weighted by Gasteiger charge is -2.26. The van der Waals surface area contributed by atoms with Crippen molar-refractivity contribution in [2.75, 3.05) is 6.61 Å². The average molecular weight is 462 g/mol. The third kappa shape index (κ3) is 9.16. The van der Waals surface area contributed by atoms with Gasteiger partial charge in [-0.2, -0.15) is 0 Å². The van der Waals surface area contributed by atoms with Gasteiger partial charge in [0.05, 0.1) is 18.8 Å². The van der Waals surface area contributed by atoms with Gasteiger partial charge in [-0.15, -0.1) is 0 Å². The molecule has 0 radical (unpaired) electrons. The summed E-state index contributed by atoms with van der Waals surface area (Å²) in [6, 6.07) is -6.11. The van der Waals surface area contributed by atoms with Crippen LogP contribution in [-0.4, -0.2) is 87.8 Å². The maximum absolute atomic E-state index is 12.5. The Labute approximate surface area is 186 Å². The van der Waals surface area contributed by atoms with Crippen molar-refractivity contribution in [2.45, 2.75) is 77.4 Å². The van der Waals surface area contributed by atoms with Crippen molar-refractivity contribution in [3.63, 3.8) is 0 Å². The highest BCUT2D eigenvalue weighted by atomic mass is 16.4. The normalized spacial score (nSPS) is 17.5. The topological polar surface area (TPSA) is 220 Å². The summed E-state index contributed by atoms with van der Waals surface area (Å²) in [5.74, 6) is -4.69. The fraction of sp³-hybridized carbons (Fsp3) is 0.737. The maximum Gasteiger partial charge on any atom is 0.328 e. The van der Waals surface area contributed by atoms with Crippen LogP contribution in [0.3, 0.4) is 0 Å². The second kappa shape index (κ2) is 13.6. The Balaban J connectivity index is 4.97. The molecule has 0 aliphatic rings. The Hall–Kier alpha value is -2.77. The summed E-state index contributed by atoms with van der Waals surface area (Å²) in [6.45, 7) is 6.68. The smallest absolute Gasteiger partial charge is 0.328 e. The number of carboxylic acids is 1. The third-order valence-corrected chi connectivity index (χ3v) is 4.92. The number of aliphatic hydroxyl groups excluding tert-OH is 2. The van der Waals surface area contributed by atoms with Crippen molar-refractivity contribution in [1.29, 1.82) is 0 Å². The molecule has 0 heterocycles. The molecule has 0 unspecified atom stereocenters. The van der Waals surface area contributed by atoms with Crippen LogP contribution in [0.4, 0.5) is 0 Å². The molecule has 9 N–H and O–H groups in total. The molecule has 0 aromatic heterocycles. The Kier molecular flexibility index (Phi) is 12.4. The number of aliphatic hydroxyl groups is 2. The van der Waals surface area contributed by atoms with Gasteiger partial charge in [-0.3, -0.25) is 19.2 Å². The van der Waals surface area contributed by atoms with E-state index in [4.69, 9.17) is 15.9 Å². The van der Waals surface area contributed by atoms with Gasteiger partial charge in [-0.1, -0.05) is 20.3 Å². The number of nitrogens with one attached hydrogen (secondary N) is 4. The number of aliphatic carboxylic acids is 1. The summed E-state index contributed by atoms with van der Waals surface area (Å²) >= 11 is 0. The van der Waals surface area contributed by atoms with Gasteiger partial charge in [-0.05, 0) is 26.7 Å². The van der Waals surface area contributed by atoms with E-state index in [1.165, 1.54) is 20.8 Å². The van der Waals surface area contributed by atoms with Gasteiger partial charge >= 0.3 is 5.97 Å². The standard InChI is InChI=1S/C19H35N5O8/c1-6-8(2)13(20)17(29)24-14(11(5)26)18(30)22-9(3)15(27)21-10(4)16(28)23-12(7-25)19(31)32/h8-14,25-26H,6-7,20H2,1-5H3,(H,21,27)(H,22,30)(H,23,28)(H,24,29)(H,31,32)/t8-,9-,10-,11+,12-,13-,14-/m0/s1. The van der Waals surface area contributed by atoms with Crippen LogP contribution >= 0.6 is 0 Å². The van der Waals surface area contributed by atoms with E-state index in [1.807, 2.05) is 12.2 Å². The highest BCUT2D eigenvalue weighted by Crippen LogP contribution is 2.06. The zero-order valence-electron chi connectivity index (χ0n) is 18.9. The minimum atomic E-state index is -1.53. The molecule has 0 aliphatic heterocycles. The van der Waals surface area contributed by atoms with Crippen LogP contribution in [0.25, 0.3) is 0 Å². The molecule has 0 rings (SSSR count). The lowest BCUT2D eigenvalue weighted by molar-refractivity contribution is -0.143. The molecular formula is C19H35N5O8. The highest BCUT2D eigenvalue weighted by Gasteiger charge is 2.31. The highest BCUT2D eigenvalue weighted by molar-refractivity contribution is 5.95. The Bertz CT molecular complexity index is 687. The number of hydrogen-bond donors (Lipinski definition) is 8. The first-order valence-corrected chi connectivity index (χ1v) is 10.2. The maximum atomic E-state index is 12.5. The van der Waals surface area contributed by atoms with Crippen LogP contribution < -0.4 is 27.0 Å². The summed E-state index contributed by atoms with van der Waals surface area (Å²) in [7, 11) is 0. The summed E-state index contributed by atoms with van der Waals surface area (Å²) in [4.78, 5) is 59.9. The molecule has 0 aromatic carbocycles. The van der Waals surface area contributed by atoms with Gasteiger partial charge < -0.3 is 42.3 Å². The van der Waals surface area contributed by atoms with E-state index < -0.39 is 72.5 Å². The van der Waals surface area contributed by atoms with Crippen LogP contribution in [0.5, 0.6) is 0 Å². The number of amides is 4. The fourth-order valence-electron chi connectivity index (χ4n) is 2.42. The van der Waals surface area contributed by atoms with Crippen LogP contribution in [-0.2, 0) is 24.0 Å². The van der Waals surface area contributed by atoms with E-state index in [-0.39, 0.29) is 5.92 Å². The van der Waals surface area contributed by atoms with Gasteiger partial charge in [0.1, 0.15) is 24.2 Å². The Morgan fingerprint density at radius 2 is 1.28 bits per heavy atom. The molecule has 0 fully saturated rings. The minimum Gasteiger partial charge on any atom is -0.480 e. The van der Waals surface area contributed by atoms with Gasteiger partial charge in [0.15, 0.2) is 0 Å². The number of carboxylic acid groups (broad SMARTS) is 1. The third-order valence-electron chi connectivity index (χ3n) is 4.92. The lowest BCUT2D eigenvalue weighted by atomic mass is 9.98. The van der Waals surface area contributed by atoms with Gasteiger partial charge in [-0.25, -0.2) is 4.79 Å². The average Bonchev–Trinajstić information content (AvgIpc) is 2.73. The van der Waals surface area contributed by atoms with Crippen LogP contribution in [0.15, 0.2) is 0 Å². The molecule has 0 aromatic rings. The first-order valence-electron chi connectivity index (χ1n) is 10.2. The Morgan fingerprint density at radius 3 is 1.69 bits per heavy atom. The van der Waals surface area contributed by atoms with E-state index in [0.717, 1.165) is 0 Å². The number of nitrogens with two attached hydrogens (primary N) is 1. The molecule has 0 spiro atoms. The van der Waals surface area contributed by atoms with Crippen molar-refractivity contribution in [3.8, 4) is 0 Å². The first-order chi connectivity index (χ1) is 14.8. The summed E-state index contributed by atoms with van der Waals surface area (Å²) < 4.78 is 0. The number of carbonyl (C=O) groups excluding carboxylic acids is 4. The molecule has 13 nitrogen and oxygen atoms in total. The summed E-state index contributed by atoms with van der Waals surface area (Å²) in [5.41, 5.74) is 5.84. The molecule has 4 amide bonds. The van der Waals surface area contributed by atoms with E-state index in [9.17, 15) is 29.1 Å². The molecule has 32 heavy (non-hydrogen) atoms. The van der Waals surface area contributed by atoms with Crippen molar-refractivity contribution >= 4 is 29.6 Å². The predicted molar refractivity (Wildman–Crippen MR) is 113 cm³/mol. The summed E-state index contributed by atoms with van der Waals surface area (Å²) in [6.07, 6.45) is -0.649. The second-order valence-corrected chi connectivity index (χ2v) is 7.68. The van der Waals surface area contributed by atoms with Crippen LogP contribution in [0, 0.1) is 5.92 Å². The zero-order chi connectivity index (χ0) is 25.2. The lowest BCUT2D eigenvalue weighted by Crippen LogP contribution is -2.60. The molecule has 7 atom stereocenters. The molecular weight excluding hydrogens is 426 g/mol. The van der Waals surface area contributed by atoms with Gasteiger partial charge in [0.25, 0.3) is 0 Å². The number of rotatable bonds is 13. The van der Waals surface area contributed by atoms with Crippen molar-refractivity contribution in [3.05, 3.63) is 0 Å². The Morgan fingerprint density at radius 1 is 0.812 bits per heavy atom. The number of hydrogen-bond acceptors (Lipinski definition) is 8. The minimum absolute atomic E-state index is 0.156. The number of carbonyl (C=O) groups is 5. The second-order valence-electron chi connectivity index (χ2n) is 7.68. The molecule has 184 valence electrons. The van der Waals surface area contributed by atoms with Crippen molar-refractivity contribution < 1.29 is 39.3 Å². The van der Waals surface area contributed by atoms with Gasteiger partial charge in [0, 0.05) is 0 Å². The van der Waals surface area contributed by atoms with Crippen LogP contribution in [0.2, 0.25) is 0 Å². The van der Waals surface area contributed by atoms with Gasteiger partial charge in [0.2, 0.25) is 23.6 Å². The molecule has 0 aliphatic carbocycles. The fourth-order valence-corrected chi connectivity index (χ4v) is 2.42. The predicted octanol–water partition coefficient (Wildman–Crippen LogP) is -3.20. The quantitative estimate of drug-likeness (QED) is 0.138. The molecule has 0 saturated heterocycles. The van der Waals surface area contributed by atoms with E-state index in [0.29, 0.717) is 6.42 Å². The molecule has 0 saturated carbocycles. The van der Waals surface area contributed by atoms with E-state index in [2.05, 4.69) is 16.0 Å². The molecule has 0 bridgehead atoms. The molecule has 13 heteroatoms. The van der Waals surface area contributed by atoms with Crippen LogP contribution in [0.1, 0.15) is 41.0 Å². The SMILES string of the molecule is CC[C@H](C)[C@H](N)C(=O)N[C@H](C(=O)N[C@@H](C)C(=O)N[C@@H](C)C(=O)N[C@@H](CO)C(=O)O)[C@@H](C)O. The van der Waals surface area contributed by atoms with Crippen molar-refractivity contribution in [2.24, 2.45) is 11.7 Å². The largest absolute Gasteiger partial charge is 0.480 e. The summed E-state index contributed by atoms with van der Waals surface area (Å²) in [5, 5.41) is 36.7.